The first kappa shape index (κ1) is 26.5. The summed E-state index contributed by atoms with van der Waals surface area (Å²) in [7, 11) is 0. The Morgan fingerprint density at radius 3 is 2.44 bits per heavy atom. The number of carbonyl (C=O) groups excluding carboxylic acids is 1. The monoisotopic (exact) mass is 559 g/mol. The van der Waals surface area contributed by atoms with Crippen LogP contribution in [0.15, 0.2) is 39.0 Å². The van der Waals surface area contributed by atoms with E-state index in [0.717, 1.165) is 14.8 Å². The SMILES string of the molecule is Cc1cc(C(C)(C)C)cc(C)c1CSc1nnc(NC(=O)CSc2nc3ccc([N+](=O)[O-])cc3s2)s1. The zero-order valence-electron chi connectivity index (χ0n) is 20.4. The van der Waals surface area contributed by atoms with Crippen molar-refractivity contribution < 1.29 is 9.72 Å². The summed E-state index contributed by atoms with van der Waals surface area (Å²) in [5.41, 5.74) is 5.98. The van der Waals surface area contributed by atoms with Gasteiger partial charge in [-0.15, -0.1) is 21.5 Å². The molecule has 8 nitrogen and oxygen atoms in total. The van der Waals surface area contributed by atoms with Crippen LogP contribution in [0.2, 0.25) is 0 Å². The zero-order valence-corrected chi connectivity index (χ0v) is 23.7. The lowest BCUT2D eigenvalue weighted by Gasteiger charge is -2.22. The first-order chi connectivity index (χ1) is 17.0. The molecule has 0 unspecified atom stereocenters. The lowest BCUT2D eigenvalue weighted by Crippen LogP contribution is -2.13. The number of nitrogens with zero attached hydrogens (tertiary/aromatic N) is 4. The number of aryl methyl sites for hydroxylation is 2. The number of hydrogen-bond acceptors (Lipinski definition) is 10. The van der Waals surface area contributed by atoms with Gasteiger partial charge in [-0.3, -0.25) is 20.2 Å². The van der Waals surface area contributed by atoms with E-state index in [0.29, 0.717) is 15.0 Å². The molecule has 0 fully saturated rings. The molecule has 0 saturated carbocycles. The smallest absolute Gasteiger partial charge is 0.270 e. The first-order valence-electron chi connectivity index (χ1n) is 11.0. The van der Waals surface area contributed by atoms with Crippen molar-refractivity contribution in [3.05, 3.63) is 62.7 Å². The highest BCUT2D eigenvalue weighted by Crippen LogP contribution is 2.34. The Morgan fingerprint density at radius 2 is 1.78 bits per heavy atom. The predicted octanol–water partition coefficient (Wildman–Crippen LogP) is 6.99. The minimum atomic E-state index is -0.432. The Hall–Kier alpha value is -2.54. The van der Waals surface area contributed by atoms with Crippen LogP contribution in [0.1, 0.15) is 43.0 Å². The number of thioether (sulfide) groups is 2. The Morgan fingerprint density at radius 1 is 1.06 bits per heavy atom. The molecule has 2 heterocycles. The fraction of sp³-hybridized carbons (Fsp3) is 0.333. The number of aromatic nitrogens is 3. The first-order valence-corrected chi connectivity index (χ1v) is 14.6. The van der Waals surface area contributed by atoms with E-state index in [-0.39, 0.29) is 22.8 Å². The van der Waals surface area contributed by atoms with Crippen LogP contribution >= 0.6 is 46.2 Å². The van der Waals surface area contributed by atoms with Gasteiger partial charge in [-0.2, -0.15) is 0 Å². The molecule has 188 valence electrons. The molecule has 0 radical (unpaired) electrons. The molecule has 0 aliphatic rings. The third-order valence-electron chi connectivity index (χ3n) is 5.44. The number of carbonyl (C=O) groups is 1. The number of fused-ring (bicyclic) bond motifs is 1. The molecule has 0 aliphatic carbocycles. The average molecular weight is 560 g/mol. The Kier molecular flexibility index (Phi) is 7.98. The highest BCUT2D eigenvalue weighted by atomic mass is 32.2. The number of anilines is 1. The molecule has 0 saturated heterocycles. The summed E-state index contributed by atoms with van der Waals surface area (Å²) in [5, 5.41) is 22.5. The van der Waals surface area contributed by atoms with Gasteiger partial charge < -0.3 is 0 Å². The van der Waals surface area contributed by atoms with E-state index in [9.17, 15) is 14.9 Å². The van der Waals surface area contributed by atoms with E-state index in [1.54, 1.807) is 17.8 Å². The predicted molar refractivity (Wildman–Crippen MR) is 150 cm³/mol. The summed E-state index contributed by atoms with van der Waals surface area (Å²) in [6.07, 6.45) is 0. The van der Waals surface area contributed by atoms with Crippen molar-refractivity contribution in [2.75, 3.05) is 11.1 Å². The molecular formula is C24H25N5O3S4. The maximum absolute atomic E-state index is 12.4. The molecule has 0 spiro atoms. The third kappa shape index (κ3) is 6.41. The highest BCUT2D eigenvalue weighted by molar-refractivity contribution is 8.01. The van der Waals surface area contributed by atoms with Crippen LogP contribution in [-0.2, 0) is 16.0 Å². The number of thiazole rings is 1. The van der Waals surface area contributed by atoms with Gasteiger partial charge in [0.1, 0.15) is 0 Å². The van der Waals surface area contributed by atoms with Gasteiger partial charge in [0.05, 0.1) is 20.9 Å². The van der Waals surface area contributed by atoms with Crippen molar-refractivity contribution in [2.45, 2.75) is 54.5 Å². The summed E-state index contributed by atoms with van der Waals surface area (Å²) in [4.78, 5) is 27.4. The zero-order chi connectivity index (χ0) is 26.0. The van der Waals surface area contributed by atoms with Gasteiger partial charge in [-0.25, -0.2) is 4.98 Å². The normalized spacial score (nSPS) is 11.7. The van der Waals surface area contributed by atoms with Crippen molar-refractivity contribution in [3.63, 3.8) is 0 Å². The van der Waals surface area contributed by atoms with Crippen LogP contribution in [0.4, 0.5) is 10.8 Å². The van der Waals surface area contributed by atoms with Crippen LogP contribution in [0.25, 0.3) is 10.2 Å². The molecule has 2 aromatic carbocycles. The van der Waals surface area contributed by atoms with Gasteiger partial charge in [-0.1, -0.05) is 67.8 Å². The minimum absolute atomic E-state index is 0.0256. The van der Waals surface area contributed by atoms with E-state index >= 15 is 0 Å². The summed E-state index contributed by atoms with van der Waals surface area (Å²) in [5.74, 6) is 0.737. The van der Waals surface area contributed by atoms with Crippen molar-refractivity contribution in [2.24, 2.45) is 0 Å². The maximum atomic E-state index is 12.4. The molecule has 1 N–H and O–H groups in total. The Bertz CT molecular complexity index is 1420. The number of amides is 1. The fourth-order valence-electron chi connectivity index (χ4n) is 3.46. The van der Waals surface area contributed by atoms with Crippen LogP contribution in [0.3, 0.4) is 0 Å². The average Bonchev–Trinajstić information content (AvgIpc) is 3.42. The topological polar surface area (TPSA) is 111 Å². The van der Waals surface area contributed by atoms with Gasteiger partial charge in [0.25, 0.3) is 5.69 Å². The molecule has 4 aromatic rings. The van der Waals surface area contributed by atoms with E-state index in [1.807, 2.05) is 0 Å². The summed E-state index contributed by atoms with van der Waals surface area (Å²) in [6.45, 7) is 11.0. The standard InChI is InChI=1S/C24H25N5O3S4/c1-13-8-15(24(3,4)5)9-14(2)17(13)11-33-23-28-27-21(36-23)26-20(30)12-34-22-25-18-7-6-16(29(31)32)10-19(18)35-22/h6-10H,11-12H2,1-5H3,(H,26,27,30). The molecule has 2 aromatic heterocycles. The van der Waals surface area contributed by atoms with Crippen molar-refractivity contribution in [3.8, 4) is 0 Å². The highest BCUT2D eigenvalue weighted by Gasteiger charge is 2.17. The number of hydrogen-bond donors (Lipinski definition) is 1. The second kappa shape index (κ2) is 10.8. The van der Waals surface area contributed by atoms with Gasteiger partial charge in [-0.05, 0) is 47.6 Å². The van der Waals surface area contributed by atoms with E-state index < -0.39 is 4.92 Å². The number of benzene rings is 2. The second-order valence-electron chi connectivity index (χ2n) is 9.23. The van der Waals surface area contributed by atoms with Crippen molar-refractivity contribution in [1.29, 1.82) is 0 Å². The lowest BCUT2D eigenvalue weighted by atomic mass is 9.84. The van der Waals surface area contributed by atoms with E-state index in [1.165, 1.54) is 68.8 Å². The summed E-state index contributed by atoms with van der Waals surface area (Å²) in [6, 6.07) is 9.08. The molecule has 4 rings (SSSR count). The minimum Gasteiger partial charge on any atom is -0.300 e. The van der Waals surface area contributed by atoms with Crippen LogP contribution in [0, 0.1) is 24.0 Å². The molecular weight excluding hydrogens is 535 g/mol. The van der Waals surface area contributed by atoms with Crippen LogP contribution in [0.5, 0.6) is 0 Å². The van der Waals surface area contributed by atoms with Gasteiger partial charge in [0, 0.05) is 17.9 Å². The number of nitrogens with one attached hydrogen (secondary N) is 1. The Balaban J connectivity index is 1.31. The van der Waals surface area contributed by atoms with Gasteiger partial charge in [0.2, 0.25) is 11.0 Å². The van der Waals surface area contributed by atoms with Gasteiger partial charge in [0.15, 0.2) is 8.68 Å². The van der Waals surface area contributed by atoms with Crippen LogP contribution < -0.4 is 5.32 Å². The van der Waals surface area contributed by atoms with Crippen molar-refractivity contribution in [1.82, 2.24) is 15.2 Å². The lowest BCUT2D eigenvalue weighted by molar-refractivity contribution is -0.384. The molecule has 36 heavy (non-hydrogen) atoms. The molecule has 1 amide bonds. The number of nitro groups is 1. The molecule has 12 heteroatoms. The van der Waals surface area contributed by atoms with Crippen molar-refractivity contribution >= 4 is 73.1 Å². The second-order valence-corrected chi connectivity index (χ2v) is 13.7. The van der Waals surface area contributed by atoms with Crippen LogP contribution in [-0.4, -0.2) is 31.8 Å². The van der Waals surface area contributed by atoms with Gasteiger partial charge >= 0.3 is 0 Å². The largest absolute Gasteiger partial charge is 0.300 e. The number of rotatable bonds is 8. The quantitative estimate of drug-likeness (QED) is 0.106. The fourth-order valence-corrected chi connectivity index (χ4v) is 7.32. The number of nitro benzene ring substituents is 1. The van der Waals surface area contributed by atoms with E-state index in [2.05, 4.69) is 67.2 Å². The molecule has 0 aliphatic heterocycles. The van der Waals surface area contributed by atoms with E-state index in [4.69, 9.17) is 0 Å². The summed E-state index contributed by atoms with van der Waals surface area (Å²) < 4.78 is 2.19. The maximum Gasteiger partial charge on any atom is 0.270 e. The molecule has 0 bridgehead atoms. The number of non-ortho nitro benzene ring substituents is 1. The third-order valence-corrected chi connectivity index (χ3v) is 9.60. The Labute approximate surface area is 225 Å². The summed E-state index contributed by atoms with van der Waals surface area (Å²) >= 11 is 5.58. The molecule has 0 atom stereocenters.